The van der Waals surface area contributed by atoms with Crippen LogP contribution in [0.3, 0.4) is 0 Å². The average molecular weight is 273 g/mol. The summed E-state index contributed by atoms with van der Waals surface area (Å²) in [5.74, 6) is -1.16. The number of amides is 2. The largest absolute Gasteiger partial charge is 0.479 e. The van der Waals surface area contributed by atoms with Crippen molar-refractivity contribution in [3.8, 4) is 0 Å². The summed E-state index contributed by atoms with van der Waals surface area (Å²) in [6.45, 7) is -0.250. The maximum Gasteiger partial charge on any atom is 0.341 e. The molecule has 2 amide bonds. The van der Waals surface area contributed by atoms with Crippen molar-refractivity contribution in [1.82, 2.24) is 10.4 Å². The smallest absolute Gasteiger partial charge is 0.341 e. The summed E-state index contributed by atoms with van der Waals surface area (Å²) in [6, 6.07) is 6.55. The number of nitrogens with one attached hydrogen (secondary N) is 1. The van der Waals surface area contributed by atoms with Gasteiger partial charge >= 0.3 is 12.0 Å². The Morgan fingerprint density at radius 3 is 2.83 bits per heavy atom. The van der Waals surface area contributed by atoms with E-state index in [2.05, 4.69) is 4.84 Å². The molecule has 1 rings (SSSR count). The standard InChI is InChI=1S/C11H13ClN2O4/c1-14(11(17)13-18-7-10(15)16)6-8-3-2-4-9(12)5-8/h2-5H,6-7H2,1H3,(H,13,17)(H,15,16). The van der Waals surface area contributed by atoms with Gasteiger partial charge in [-0.2, -0.15) is 0 Å². The highest BCUT2D eigenvalue weighted by atomic mass is 35.5. The molecule has 0 atom stereocenters. The van der Waals surface area contributed by atoms with Crippen LogP contribution in [0.15, 0.2) is 24.3 Å². The van der Waals surface area contributed by atoms with Crippen LogP contribution in [0.2, 0.25) is 5.02 Å². The molecule has 98 valence electrons. The van der Waals surface area contributed by atoms with Gasteiger partial charge in [0.15, 0.2) is 6.61 Å². The lowest BCUT2D eigenvalue weighted by Crippen LogP contribution is -2.37. The van der Waals surface area contributed by atoms with E-state index >= 15 is 0 Å². The highest BCUT2D eigenvalue weighted by Crippen LogP contribution is 2.11. The van der Waals surface area contributed by atoms with E-state index in [1.54, 1.807) is 25.2 Å². The SMILES string of the molecule is CN(Cc1cccc(Cl)c1)C(=O)NOCC(=O)O. The first-order chi connectivity index (χ1) is 8.49. The first kappa shape index (κ1) is 14.3. The Bertz CT molecular complexity index is 439. The highest BCUT2D eigenvalue weighted by Gasteiger charge is 2.09. The van der Waals surface area contributed by atoms with Crippen molar-refractivity contribution in [2.75, 3.05) is 13.7 Å². The zero-order chi connectivity index (χ0) is 13.5. The minimum atomic E-state index is -1.16. The van der Waals surface area contributed by atoms with Crippen LogP contribution in [0.1, 0.15) is 5.56 Å². The van der Waals surface area contributed by atoms with E-state index in [1.165, 1.54) is 4.90 Å². The van der Waals surface area contributed by atoms with E-state index in [0.29, 0.717) is 11.6 Å². The zero-order valence-corrected chi connectivity index (χ0v) is 10.5. The maximum atomic E-state index is 11.5. The van der Waals surface area contributed by atoms with Crippen LogP contribution < -0.4 is 5.48 Å². The van der Waals surface area contributed by atoms with Gasteiger partial charge in [0.1, 0.15) is 0 Å². The van der Waals surface area contributed by atoms with Crippen LogP contribution in [0, 0.1) is 0 Å². The van der Waals surface area contributed by atoms with Crippen molar-refractivity contribution in [2.45, 2.75) is 6.54 Å². The third kappa shape index (κ3) is 5.03. The van der Waals surface area contributed by atoms with E-state index in [1.807, 2.05) is 11.5 Å². The highest BCUT2D eigenvalue weighted by molar-refractivity contribution is 6.30. The van der Waals surface area contributed by atoms with Crippen LogP contribution in [0.25, 0.3) is 0 Å². The Hall–Kier alpha value is -1.79. The Morgan fingerprint density at radius 2 is 2.22 bits per heavy atom. The van der Waals surface area contributed by atoms with Crippen molar-refractivity contribution in [2.24, 2.45) is 0 Å². The number of carboxylic acids is 1. The predicted molar refractivity (Wildman–Crippen MR) is 65.0 cm³/mol. The van der Waals surface area contributed by atoms with Gasteiger partial charge in [0, 0.05) is 18.6 Å². The summed E-state index contributed by atoms with van der Waals surface area (Å²) in [5.41, 5.74) is 2.88. The summed E-state index contributed by atoms with van der Waals surface area (Å²) in [6.07, 6.45) is 0. The topological polar surface area (TPSA) is 78.9 Å². The lowest BCUT2D eigenvalue weighted by atomic mass is 10.2. The summed E-state index contributed by atoms with van der Waals surface area (Å²) in [4.78, 5) is 27.5. The van der Waals surface area contributed by atoms with Gasteiger partial charge in [0.2, 0.25) is 0 Å². The lowest BCUT2D eigenvalue weighted by molar-refractivity contribution is -0.144. The van der Waals surface area contributed by atoms with Crippen LogP contribution in [0.4, 0.5) is 4.79 Å². The molecular weight excluding hydrogens is 260 g/mol. The molecule has 18 heavy (non-hydrogen) atoms. The molecule has 0 aliphatic rings. The number of hydrogen-bond acceptors (Lipinski definition) is 3. The van der Waals surface area contributed by atoms with Gasteiger partial charge in [0.05, 0.1) is 0 Å². The lowest BCUT2D eigenvalue weighted by Gasteiger charge is -2.17. The van der Waals surface area contributed by atoms with Crippen molar-refractivity contribution >= 4 is 23.6 Å². The molecule has 0 saturated carbocycles. The van der Waals surface area contributed by atoms with Crippen molar-refractivity contribution < 1.29 is 19.5 Å². The number of hydroxylamine groups is 1. The van der Waals surface area contributed by atoms with E-state index in [9.17, 15) is 9.59 Å². The van der Waals surface area contributed by atoms with E-state index in [-0.39, 0.29) is 0 Å². The van der Waals surface area contributed by atoms with E-state index in [0.717, 1.165) is 5.56 Å². The second-order valence-electron chi connectivity index (χ2n) is 3.58. The monoisotopic (exact) mass is 272 g/mol. The predicted octanol–water partition coefficient (Wildman–Crippen LogP) is 1.50. The van der Waals surface area contributed by atoms with Gasteiger partial charge < -0.3 is 10.0 Å². The fourth-order valence-corrected chi connectivity index (χ4v) is 1.43. The van der Waals surface area contributed by atoms with Crippen LogP contribution in [0.5, 0.6) is 0 Å². The van der Waals surface area contributed by atoms with Gasteiger partial charge in [-0.25, -0.2) is 15.1 Å². The second-order valence-corrected chi connectivity index (χ2v) is 4.01. The quantitative estimate of drug-likeness (QED) is 0.796. The summed E-state index contributed by atoms with van der Waals surface area (Å²) < 4.78 is 0. The normalized spacial score (nSPS) is 9.89. The van der Waals surface area contributed by atoms with Crippen LogP contribution >= 0.6 is 11.6 Å². The molecule has 0 unspecified atom stereocenters. The average Bonchev–Trinajstić information content (AvgIpc) is 2.28. The fourth-order valence-electron chi connectivity index (χ4n) is 1.22. The number of carboxylic acid groups (broad SMARTS) is 1. The molecule has 0 bridgehead atoms. The number of nitrogens with zero attached hydrogens (tertiary/aromatic N) is 1. The zero-order valence-electron chi connectivity index (χ0n) is 9.72. The number of carbonyl (C=O) groups excluding carboxylic acids is 1. The molecule has 6 nitrogen and oxygen atoms in total. The van der Waals surface area contributed by atoms with Gasteiger partial charge in [-0.15, -0.1) is 0 Å². The molecule has 7 heteroatoms. The molecule has 1 aromatic carbocycles. The van der Waals surface area contributed by atoms with Crippen molar-refractivity contribution in [3.05, 3.63) is 34.9 Å². The first-order valence-corrected chi connectivity index (χ1v) is 5.46. The first-order valence-electron chi connectivity index (χ1n) is 5.08. The molecular formula is C11H13ClN2O4. The van der Waals surface area contributed by atoms with E-state index < -0.39 is 18.6 Å². The number of aliphatic carboxylic acids is 1. The molecule has 0 aromatic heterocycles. The Morgan fingerprint density at radius 1 is 1.50 bits per heavy atom. The molecule has 0 heterocycles. The Kier molecular flexibility index (Phi) is 5.41. The molecule has 1 aromatic rings. The molecule has 0 fully saturated rings. The maximum absolute atomic E-state index is 11.5. The number of urea groups is 1. The summed E-state index contributed by atoms with van der Waals surface area (Å²) in [7, 11) is 1.56. The molecule has 0 saturated heterocycles. The van der Waals surface area contributed by atoms with Gasteiger partial charge in [-0.1, -0.05) is 23.7 Å². The van der Waals surface area contributed by atoms with Crippen LogP contribution in [-0.4, -0.2) is 35.7 Å². The third-order valence-electron chi connectivity index (χ3n) is 2.01. The number of rotatable bonds is 5. The summed E-state index contributed by atoms with van der Waals surface area (Å²) >= 11 is 5.82. The van der Waals surface area contributed by atoms with Gasteiger partial charge in [-0.05, 0) is 17.7 Å². The Balaban J connectivity index is 2.42. The van der Waals surface area contributed by atoms with Crippen LogP contribution in [-0.2, 0) is 16.2 Å². The van der Waals surface area contributed by atoms with Gasteiger partial charge in [-0.3, -0.25) is 4.84 Å². The molecule has 0 radical (unpaired) electrons. The van der Waals surface area contributed by atoms with Crippen molar-refractivity contribution in [3.63, 3.8) is 0 Å². The summed E-state index contributed by atoms with van der Waals surface area (Å²) in [5, 5.41) is 8.91. The number of halogens is 1. The van der Waals surface area contributed by atoms with Crippen molar-refractivity contribution in [1.29, 1.82) is 0 Å². The Labute approximate surface area is 109 Å². The number of benzene rings is 1. The van der Waals surface area contributed by atoms with Gasteiger partial charge in [0.25, 0.3) is 0 Å². The number of carbonyl (C=O) groups is 2. The molecule has 0 aliphatic carbocycles. The molecule has 2 N–H and O–H groups in total. The minimum absolute atomic E-state index is 0.336. The second kappa shape index (κ2) is 6.83. The minimum Gasteiger partial charge on any atom is -0.479 e. The number of hydrogen-bond donors (Lipinski definition) is 2. The van der Waals surface area contributed by atoms with E-state index in [4.69, 9.17) is 16.7 Å². The molecule has 0 aliphatic heterocycles. The molecule has 0 spiro atoms. The fraction of sp³-hybridized carbons (Fsp3) is 0.273. The third-order valence-corrected chi connectivity index (χ3v) is 2.25.